The van der Waals surface area contributed by atoms with Crippen molar-refractivity contribution in [3.05, 3.63) is 60.8 Å². The highest BCUT2D eigenvalue weighted by Crippen LogP contribution is 2.16. The number of hydrogen-bond acceptors (Lipinski definition) is 6. The van der Waals surface area contributed by atoms with Crippen LogP contribution in [-0.4, -0.2) is 37.2 Å². The first-order valence-electron chi connectivity index (χ1n) is 31.8. The Bertz CT molecular complexity index is 1310. The fraction of sp³-hybridized carbons (Fsp3) is 0.806. The molecule has 1 unspecified atom stereocenters. The van der Waals surface area contributed by atoms with Gasteiger partial charge in [-0.15, -0.1) is 0 Å². The van der Waals surface area contributed by atoms with E-state index in [2.05, 4.69) is 81.5 Å². The van der Waals surface area contributed by atoms with Crippen LogP contribution in [0.4, 0.5) is 0 Å². The zero-order chi connectivity index (χ0) is 52.9. The molecule has 0 bridgehead atoms. The monoisotopic (exact) mass is 1020 g/mol. The second kappa shape index (κ2) is 61.7. The molecule has 0 fully saturated rings. The van der Waals surface area contributed by atoms with E-state index in [0.717, 1.165) is 77.0 Å². The van der Waals surface area contributed by atoms with Crippen LogP contribution < -0.4 is 0 Å². The summed E-state index contributed by atoms with van der Waals surface area (Å²) < 4.78 is 16.9. The Balaban J connectivity index is 4.18. The molecule has 6 nitrogen and oxygen atoms in total. The molecule has 1 atom stereocenters. The predicted octanol–water partition coefficient (Wildman–Crippen LogP) is 21.6. The molecule has 0 saturated carbocycles. The summed E-state index contributed by atoms with van der Waals surface area (Å²) in [5.74, 6) is -0.867. The Morgan fingerprint density at radius 2 is 0.493 bits per heavy atom. The first-order valence-corrected chi connectivity index (χ1v) is 31.8. The van der Waals surface area contributed by atoms with Crippen LogP contribution in [0.3, 0.4) is 0 Å². The summed E-state index contributed by atoms with van der Waals surface area (Å²) in [5.41, 5.74) is 0. The number of carbonyl (C=O) groups is 3. The van der Waals surface area contributed by atoms with Crippen molar-refractivity contribution in [3.8, 4) is 0 Å². The topological polar surface area (TPSA) is 78.9 Å². The van der Waals surface area contributed by atoms with Crippen LogP contribution in [-0.2, 0) is 28.6 Å². The summed E-state index contributed by atoms with van der Waals surface area (Å²) in [5, 5.41) is 0. The maximum Gasteiger partial charge on any atom is 0.306 e. The third kappa shape index (κ3) is 59.9. The van der Waals surface area contributed by atoms with E-state index in [0.29, 0.717) is 19.3 Å². The van der Waals surface area contributed by atoms with E-state index in [9.17, 15) is 14.4 Å². The first kappa shape index (κ1) is 70.1. The fourth-order valence-corrected chi connectivity index (χ4v) is 9.19. The van der Waals surface area contributed by atoms with Crippen LogP contribution in [0.25, 0.3) is 0 Å². The number of rotatable bonds is 58. The number of unbranched alkanes of at least 4 members (excludes halogenated alkanes) is 37. The van der Waals surface area contributed by atoms with Crippen LogP contribution in [0.1, 0.15) is 329 Å². The van der Waals surface area contributed by atoms with Crippen molar-refractivity contribution in [1.82, 2.24) is 0 Å². The van der Waals surface area contributed by atoms with E-state index >= 15 is 0 Å². The summed E-state index contributed by atoms with van der Waals surface area (Å²) in [4.78, 5) is 38.2. The minimum Gasteiger partial charge on any atom is -0.462 e. The minimum absolute atomic E-state index is 0.0734. The van der Waals surface area contributed by atoms with Crippen molar-refractivity contribution in [3.63, 3.8) is 0 Å². The van der Waals surface area contributed by atoms with Crippen molar-refractivity contribution in [2.24, 2.45) is 0 Å². The largest absolute Gasteiger partial charge is 0.462 e. The SMILES string of the molecule is CCCCC/C=C\C/C=C\CCCCCCCCCCCC(=O)OC(COC(=O)CCCCCCCCCCC)COC(=O)CCCCCCCCCCCCCC/C=C\C/C=C\C/C=C\CCCCCCC. The lowest BCUT2D eigenvalue weighted by Crippen LogP contribution is -2.30. The van der Waals surface area contributed by atoms with Crippen LogP contribution in [0, 0.1) is 0 Å². The maximum atomic E-state index is 12.9. The summed E-state index contributed by atoms with van der Waals surface area (Å²) in [6, 6.07) is 0. The van der Waals surface area contributed by atoms with Gasteiger partial charge in [0.15, 0.2) is 6.10 Å². The average molecular weight is 1020 g/mol. The summed E-state index contributed by atoms with van der Waals surface area (Å²) in [7, 11) is 0. The van der Waals surface area contributed by atoms with E-state index in [1.165, 1.54) is 212 Å². The molecule has 0 aromatic carbocycles. The highest BCUT2D eigenvalue weighted by molar-refractivity contribution is 5.71. The van der Waals surface area contributed by atoms with Crippen LogP contribution >= 0.6 is 0 Å². The quantitative estimate of drug-likeness (QED) is 0.0261. The molecule has 0 N–H and O–H groups in total. The summed E-state index contributed by atoms with van der Waals surface area (Å²) >= 11 is 0. The Hall–Kier alpha value is -2.89. The lowest BCUT2D eigenvalue weighted by atomic mass is 10.0. The van der Waals surface area contributed by atoms with E-state index in [1.807, 2.05) is 0 Å². The standard InChI is InChI=1S/C67H120O6/c1-4-7-10-13-16-19-21-23-25-27-29-30-31-32-33-34-35-36-38-39-41-43-45-48-51-54-57-60-66(69)72-63-64(62-71-65(68)59-56-53-50-47-18-15-12-9-6-3)73-67(70)61-58-55-52-49-46-44-42-40-37-28-26-24-22-20-17-14-11-8-5-2/h17,20-21,23-24,26-27,29,31-32,64H,4-16,18-19,22,25,28,30,33-63H2,1-3H3/b20-17-,23-21-,26-24-,29-27-,32-31-. The summed E-state index contributed by atoms with van der Waals surface area (Å²) in [6.45, 7) is 6.62. The first-order chi connectivity index (χ1) is 36.0. The van der Waals surface area contributed by atoms with E-state index in [1.54, 1.807) is 0 Å². The molecule has 0 aromatic rings. The Kier molecular flexibility index (Phi) is 59.2. The Labute approximate surface area is 453 Å². The van der Waals surface area contributed by atoms with Crippen LogP contribution in [0.15, 0.2) is 60.8 Å². The van der Waals surface area contributed by atoms with Crippen molar-refractivity contribution in [2.75, 3.05) is 13.2 Å². The zero-order valence-electron chi connectivity index (χ0n) is 48.7. The molecule has 0 aliphatic heterocycles. The molecular formula is C67H120O6. The molecule has 0 aromatic heterocycles. The van der Waals surface area contributed by atoms with Gasteiger partial charge < -0.3 is 14.2 Å². The lowest BCUT2D eigenvalue weighted by molar-refractivity contribution is -0.167. The smallest absolute Gasteiger partial charge is 0.306 e. The maximum absolute atomic E-state index is 12.9. The van der Waals surface area contributed by atoms with Gasteiger partial charge in [-0.2, -0.15) is 0 Å². The van der Waals surface area contributed by atoms with Crippen LogP contribution in [0.2, 0.25) is 0 Å². The molecule has 0 aliphatic rings. The third-order valence-electron chi connectivity index (χ3n) is 14.0. The van der Waals surface area contributed by atoms with Crippen LogP contribution in [0.5, 0.6) is 0 Å². The molecule has 0 rings (SSSR count). The number of hydrogen-bond donors (Lipinski definition) is 0. The van der Waals surface area contributed by atoms with Crippen molar-refractivity contribution in [2.45, 2.75) is 335 Å². The molecule has 6 heteroatoms. The van der Waals surface area contributed by atoms with Gasteiger partial charge in [0, 0.05) is 19.3 Å². The molecule has 73 heavy (non-hydrogen) atoms. The minimum atomic E-state index is -0.775. The van der Waals surface area contributed by atoms with E-state index < -0.39 is 6.10 Å². The highest BCUT2D eigenvalue weighted by Gasteiger charge is 2.19. The summed E-state index contributed by atoms with van der Waals surface area (Å²) in [6.07, 6.45) is 78.0. The van der Waals surface area contributed by atoms with E-state index in [4.69, 9.17) is 14.2 Å². The van der Waals surface area contributed by atoms with Gasteiger partial charge in [0.05, 0.1) is 0 Å². The fourth-order valence-electron chi connectivity index (χ4n) is 9.19. The molecular weight excluding hydrogens is 901 g/mol. The van der Waals surface area contributed by atoms with Crippen molar-refractivity contribution < 1.29 is 28.6 Å². The van der Waals surface area contributed by atoms with Crippen molar-refractivity contribution in [1.29, 1.82) is 0 Å². The van der Waals surface area contributed by atoms with E-state index in [-0.39, 0.29) is 31.1 Å². The third-order valence-corrected chi connectivity index (χ3v) is 14.0. The predicted molar refractivity (Wildman–Crippen MR) is 316 cm³/mol. The van der Waals surface area contributed by atoms with Gasteiger partial charge in [-0.1, -0.05) is 281 Å². The number of allylic oxidation sites excluding steroid dienone is 10. The Morgan fingerprint density at radius 3 is 0.795 bits per heavy atom. The van der Waals surface area contributed by atoms with Gasteiger partial charge in [-0.25, -0.2) is 0 Å². The molecule has 0 spiro atoms. The molecule has 0 aliphatic carbocycles. The van der Waals surface area contributed by atoms with Gasteiger partial charge in [0.25, 0.3) is 0 Å². The molecule has 0 heterocycles. The highest BCUT2D eigenvalue weighted by atomic mass is 16.6. The molecule has 424 valence electrons. The van der Waals surface area contributed by atoms with Gasteiger partial charge in [0.2, 0.25) is 0 Å². The molecule has 0 amide bonds. The van der Waals surface area contributed by atoms with Gasteiger partial charge in [0.1, 0.15) is 13.2 Å². The zero-order valence-corrected chi connectivity index (χ0v) is 48.7. The average Bonchev–Trinajstić information content (AvgIpc) is 3.39. The van der Waals surface area contributed by atoms with Gasteiger partial charge in [-0.3, -0.25) is 14.4 Å². The van der Waals surface area contributed by atoms with Crippen molar-refractivity contribution >= 4 is 17.9 Å². The number of ether oxygens (including phenoxy) is 3. The lowest BCUT2D eigenvalue weighted by Gasteiger charge is -2.18. The normalized spacial score (nSPS) is 12.4. The molecule has 0 saturated heterocycles. The number of carbonyl (C=O) groups excluding carboxylic acids is 3. The second-order valence-electron chi connectivity index (χ2n) is 21.3. The van der Waals surface area contributed by atoms with Gasteiger partial charge >= 0.3 is 17.9 Å². The Morgan fingerprint density at radius 1 is 0.274 bits per heavy atom. The second-order valence-corrected chi connectivity index (χ2v) is 21.3. The van der Waals surface area contributed by atoms with Gasteiger partial charge in [-0.05, 0) is 89.9 Å². The number of esters is 3. The molecule has 0 radical (unpaired) electrons.